The highest BCUT2D eigenvalue weighted by Gasteiger charge is 2.68. The van der Waals surface area contributed by atoms with Gasteiger partial charge in [0.2, 0.25) is 9.84 Å². The molecule has 0 aromatic heterocycles. The highest BCUT2D eigenvalue weighted by Crippen LogP contribution is 2.62. The molecule has 7 aliphatic rings. The minimum atomic E-state index is -3.64. The van der Waals surface area contributed by atoms with Crippen molar-refractivity contribution in [1.29, 1.82) is 5.26 Å². The fraction of sp³-hybridized carbons (Fsp3) is 0.629. The van der Waals surface area contributed by atoms with Crippen LogP contribution in [0.4, 0.5) is 5.69 Å². The highest BCUT2D eigenvalue weighted by atomic mass is 32.2. The monoisotopic (exact) mass is 582 g/mol. The Kier molecular flexibility index (Phi) is 5.92. The topological polar surface area (TPSA) is 85.2 Å². The highest BCUT2D eigenvalue weighted by molar-refractivity contribution is 7.91. The summed E-state index contributed by atoms with van der Waals surface area (Å²) in [5.41, 5.74) is 1.67. The molecule has 3 aliphatic heterocycles. The van der Waals surface area contributed by atoms with Crippen LogP contribution in [0.15, 0.2) is 58.3 Å². The van der Waals surface area contributed by atoms with E-state index < -0.39 is 9.84 Å². The van der Waals surface area contributed by atoms with Crippen LogP contribution in [0.25, 0.3) is 0 Å². The molecule has 0 spiro atoms. The first kappa shape index (κ1) is 26.0. The second-order valence-corrected chi connectivity index (χ2v) is 16.6. The molecule has 12 atom stereocenters. The number of sulfone groups is 1. The van der Waals surface area contributed by atoms with Crippen molar-refractivity contribution in [2.75, 3.05) is 4.90 Å². The van der Waals surface area contributed by atoms with Crippen LogP contribution in [0.1, 0.15) is 69.8 Å². The fourth-order valence-corrected chi connectivity index (χ4v) is 12.9. The van der Waals surface area contributed by atoms with Gasteiger partial charge in [0.25, 0.3) is 0 Å². The molecule has 220 valence electrons. The predicted octanol–water partition coefficient (Wildman–Crippen LogP) is 5.28. The molecule has 4 saturated carbocycles. The summed E-state index contributed by atoms with van der Waals surface area (Å²) >= 11 is 0. The van der Waals surface area contributed by atoms with Crippen LogP contribution in [0.2, 0.25) is 0 Å². The standard InChI is InChI=1S/C35H42N4O2S/c36-19-20-9-13-22(14-10-20)42(40,41)23-15-11-21(12-16-23)39-30-17-26-24-5-1-3-7-28(24)37-34(26)32(30)33-31(39)18-27-25-6-2-4-8-29(25)38-35(27)33/h9-16,24-35,37-38H,1-8,17-18H2. The van der Waals surface area contributed by atoms with Gasteiger partial charge >= 0.3 is 0 Å². The van der Waals surface area contributed by atoms with Crippen molar-refractivity contribution < 1.29 is 8.42 Å². The Bertz CT molecular complexity index is 1470. The molecule has 3 heterocycles. The molecule has 7 fully saturated rings. The number of nitrogens with zero attached hydrogens (tertiary/aromatic N) is 2. The maximum absolute atomic E-state index is 13.5. The van der Waals surface area contributed by atoms with Gasteiger partial charge in [0.05, 0.1) is 21.4 Å². The van der Waals surface area contributed by atoms with Crippen molar-refractivity contribution in [3.63, 3.8) is 0 Å². The van der Waals surface area contributed by atoms with Gasteiger partial charge in [-0.05, 0) is 111 Å². The molecule has 0 amide bonds. The third-order valence-electron chi connectivity index (χ3n) is 13.1. The Hall–Kier alpha value is -2.40. The fourth-order valence-electron chi connectivity index (χ4n) is 11.7. The molecule has 0 radical (unpaired) electrons. The number of anilines is 1. The van der Waals surface area contributed by atoms with Crippen LogP contribution in [-0.4, -0.2) is 44.7 Å². The van der Waals surface area contributed by atoms with Gasteiger partial charge in [-0.3, -0.25) is 0 Å². The molecular weight excluding hydrogens is 540 g/mol. The summed E-state index contributed by atoms with van der Waals surface area (Å²) in [6, 6.07) is 19.9. The summed E-state index contributed by atoms with van der Waals surface area (Å²) in [6.07, 6.45) is 13.6. The maximum Gasteiger partial charge on any atom is 0.206 e. The first-order valence-electron chi connectivity index (χ1n) is 16.7. The van der Waals surface area contributed by atoms with Crippen LogP contribution >= 0.6 is 0 Å². The van der Waals surface area contributed by atoms with E-state index in [9.17, 15) is 8.42 Å². The molecule has 3 saturated heterocycles. The van der Waals surface area contributed by atoms with Crippen LogP contribution in [0, 0.1) is 46.8 Å². The van der Waals surface area contributed by atoms with Crippen molar-refractivity contribution in [2.24, 2.45) is 35.5 Å². The van der Waals surface area contributed by atoms with E-state index in [1.54, 1.807) is 24.3 Å². The molecular formula is C35H42N4O2S. The Balaban J connectivity index is 1.06. The van der Waals surface area contributed by atoms with Crippen molar-refractivity contribution >= 4 is 15.5 Å². The summed E-state index contributed by atoms with van der Waals surface area (Å²) in [5, 5.41) is 17.6. The van der Waals surface area contributed by atoms with E-state index in [4.69, 9.17) is 5.26 Å². The summed E-state index contributed by atoms with van der Waals surface area (Å²) in [4.78, 5) is 3.36. The number of hydrogen-bond acceptors (Lipinski definition) is 6. The van der Waals surface area contributed by atoms with E-state index in [2.05, 4.69) is 33.7 Å². The molecule has 9 rings (SSSR count). The molecule has 4 aliphatic carbocycles. The van der Waals surface area contributed by atoms with Gasteiger partial charge in [-0.15, -0.1) is 0 Å². The average molecular weight is 583 g/mol. The van der Waals surface area contributed by atoms with Crippen LogP contribution in [-0.2, 0) is 9.84 Å². The third-order valence-corrected chi connectivity index (χ3v) is 14.9. The van der Waals surface area contributed by atoms with E-state index in [0.717, 1.165) is 35.8 Å². The SMILES string of the molecule is N#Cc1ccc(S(=O)(=O)c2ccc(N3C4CC5C6CCCCC6NC5C4C4C5NC6CCCCC6C5CC43)cc2)cc1. The van der Waals surface area contributed by atoms with Crippen molar-refractivity contribution in [3.05, 3.63) is 54.1 Å². The molecule has 6 nitrogen and oxygen atoms in total. The molecule has 2 aromatic carbocycles. The minimum absolute atomic E-state index is 0.240. The largest absolute Gasteiger partial charge is 0.365 e. The lowest BCUT2D eigenvalue weighted by molar-refractivity contribution is 0.255. The van der Waals surface area contributed by atoms with Gasteiger partial charge in [0.15, 0.2) is 0 Å². The first-order chi connectivity index (χ1) is 20.5. The molecule has 12 unspecified atom stereocenters. The Morgan fingerprint density at radius 2 is 1.14 bits per heavy atom. The lowest BCUT2D eigenvalue weighted by Crippen LogP contribution is -2.46. The average Bonchev–Trinajstić information content (AvgIpc) is 3.80. The number of hydrogen-bond donors (Lipinski definition) is 2. The molecule has 7 heteroatoms. The normalized spacial score (nSPS) is 43.2. The lowest BCUT2D eigenvalue weighted by atomic mass is 9.77. The molecule has 42 heavy (non-hydrogen) atoms. The van der Waals surface area contributed by atoms with Crippen molar-refractivity contribution in [3.8, 4) is 6.07 Å². The second kappa shape index (κ2) is 9.55. The Morgan fingerprint density at radius 1 is 0.667 bits per heavy atom. The number of benzene rings is 2. The van der Waals surface area contributed by atoms with Gasteiger partial charge in [-0.2, -0.15) is 5.26 Å². The number of fused-ring (bicyclic) bond motifs is 11. The molecule has 2 aromatic rings. The van der Waals surface area contributed by atoms with E-state index >= 15 is 0 Å². The summed E-state index contributed by atoms with van der Waals surface area (Å²) < 4.78 is 26.9. The van der Waals surface area contributed by atoms with Gasteiger partial charge in [0, 0.05) is 53.8 Å². The number of rotatable bonds is 3. The van der Waals surface area contributed by atoms with Gasteiger partial charge in [-0.25, -0.2) is 8.42 Å². The van der Waals surface area contributed by atoms with E-state index in [1.807, 2.05) is 12.1 Å². The Morgan fingerprint density at radius 3 is 1.64 bits per heavy atom. The second-order valence-electron chi connectivity index (χ2n) is 14.6. The first-order valence-corrected chi connectivity index (χ1v) is 18.2. The zero-order valence-electron chi connectivity index (χ0n) is 24.2. The lowest BCUT2D eigenvalue weighted by Gasteiger charge is -2.36. The molecule has 0 bridgehead atoms. The van der Waals surface area contributed by atoms with E-state index in [-0.39, 0.29) is 4.90 Å². The summed E-state index contributed by atoms with van der Waals surface area (Å²) in [5.74, 6) is 4.60. The maximum atomic E-state index is 13.5. The van der Waals surface area contributed by atoms with Crippen molar-refractivity contribution in [2.45, 2.75) is 110 Å². The van der Waals surface area contributed by atoms with Crippen LogP contribution in [0.5, 0.6) is 0 Å². The van der Waals surface area contributed by atoms with Gasteiger partial charge in [0.1, 0.15) is 0 Å². The third kappa shape index (κ3) is 3.64. The number of nitrogens with one attached hydrogen (secondary N) is 2. The predicted molar refractivity (Wildman–Crippen MR) is 162 cm³/mol. The van der Waals surface area contributed by atoms with Gasteiger partial charge < -0.3 is 15.5 Å². The van der Waals surface area contributed by atoms with Crippen LogP contribution in [0.3, 0.4) is 0 Å². The minimum Gasteiger partial charge on any atom is -0.365 e. The van der Waals surface area contributed by atoms with E-state index in [1.165, 1.54) is 69.9 Å². The summed E-state index contributed by atoms with van der Waals surface area (Å²) in [7, 11) is -3.64. The zero-order chi connectivity index (χ0) is 28.2. The summed E-state index contributed by atoms with van der Waals surface area (Å²) in [6.45, 7) is 0. The number of nitriles is 1. The van der Waals surface area contributed by atoms with Crippen molar-refractivity contribution in [1.82, 2.24) is 10.6 Å². The van der Waals surface area contributed by atoms with Crippen LogP contribution < -0.4 is 15.5 Å². The smallest absolute Gasteiger partial charge is 0.206 e. The zero-order valence-corrected chi connectivity index (χ0v) is 25.1. The van der Waals surface area contributed by atoms with E-state index in [0.29, 0.717) is 46.5 Å². The molecule has 2 N–H and O–H groups in total. The van der Waals surface area contributed by atoms with Gasteiger partial charge in [-0.1, -0.05) is 25.7 Å². The Labute approximate surface area is 250 Å². The quantitative estimate of drug-likeness (QED) is 0.512.